The Morgan fingerprint density at radius 1 is 1.12 bits per heavy atom. The van der Waals surface area contributed by atoms with E-state index in [1.807, 2.05) is 35.2 Å². The number of rotatable bonds is 4. The number of fused-ring (bicyclic) bond motifs is 1. The maximum absolute atomic E-state index is 12.7. The minimum Gasteiger partial charge on any atom is -0.466 e. The molecule has 0 bridgehead atoms. The summed E-state index contributed by atoms with van der Waals surface area (Å²) < 4.78 is 4.86. The number of benzene rings is 1. The van der Waals surface area contributed by atoms with Crippen LogP contribution in [0.15, 0.2) is 35.9 Å². The predicted octanol–water partition coefficient (Wildman–Crippen LogP) is 3.28. The van der Waals surface area contributed by atoms with Gasteiger partial charge in [0.15, 0.2) is 0 Å². The van der Waals surface area contributed by atoms with Crippen molar-refractivity contribution in [2.45, 2.75) is 32.1 Å². The molecule has 0 unspecified atom stereocenters. The average Bonchev–Trinajstić information content (AvgIpc) is 3.05. The van der Waals surface area contributed by atoms with E-state index in [0.29, 0.717) is 17.4 Å². The number of hydrogen-bond donors (Lipinski definition) is 0. The molecule has 1 aliphatic heterocycles. The standard InChI is InChI=1S/C20H25NO3/c1-24-20(23)18(11-15-7-3-2-4-8-15)12-19(22)21-13-16-9-5-6-10-17(16)14-21/h2-4,7-8,11,16-17H,5-6,9-10,12-14H2,1H3/b18-11+/t16-,17+. The molecule has 1 aromatic rings. The quantitative estimate of drug-likeness (QED) is 0.630. The number of carbonyl (C=O) groups is 2. The van der Waals surface area contributed by atoms with Crippen LogP contribution < -0.4 is 0 Å². The van der Waals surface area contributed by atoms with Gasteiger partial charge in [0, 0.05) is 18.7 Å². The number of likely N-dealkylation sites (tertiary alicyclic amines) is 1. The molecule has 2 atom stereocenters. The van der Waals surface area contributed by atoms with Gasteiger partial charge < -0.3 is 9.64 Å². The Labute approximate surface area is 143 Å². The van der Waals surface area contributed by atoms with Crippen LogP contribution in [-0.4, -0.2) is 37.0 Å². The Morgan fingerprint density at radius 3 is 2.33 bits per heavy atom. The second-order valence-electron chi connectivity index (χ2n) is 6.85. The third-order valence-electron chi connectivity index (χ3n) is 5.26. The molecule has 4 heteroatoms. The number of esters is 1. The van der Waals surface area contributed by atoms with Crippen LogP contribution in [0.25, 0.3) is 6.08 Å². The normalized spacial score (nSPS) is 23.7. The first-order valence-corrected chi connectivity index (χ1v) is 8.79. The molecule has 0 N–H and O–H groups in total. The SMILES string of the molecule is COC(=O)/C(=C/c1ccccc1)CC(=O)N1C[C@H]2CCCC[C@H]2C1. The topological polar surface area (TPSA) is 46.6 Å². The van der Waals surface area contributed by atoms with Crippen LogP contribution in [0.1, 0.15) is 37.7 Å². The monoisotopic (exact) mass is 327 g/mol. The summed E-state index contributed by atoms with van der Waals surface area (Å²) in [7, 11) is 1.36. The first-order chi connectivity index (χ1) is 11.7. The van der Waals surface area contributed by atoms with Crippen molar-refractivity contribution >= 4 is 18.0 Å². The summed E-state index contributed by atoms with van der Waals surface area (Å²) in [6.45, 7) is 1.70. The minimum absolute atomic E-state index is 0.0389. The van der Waals surface area contributed by atoms with Gasteiger partial charge in [-0.25, -0.2) is 4.79 Å². The zero-order chi connectivity index (χ0) is 16.9. The Bertz CT molecular complexity index is 609. The zero-order valence-corrected chi connectivity index (χ0v) is 14.2. The maximum atomic E-state index is 12.7. The van der Waals surface area contributed by atoms with E-state index in [0.717, 1.165) is 18.7 Å². The lowest BCUT2D eigenvalue weighted by molar-refractivity contribution is -0.138. The highest BCUT2D eigenvalue weighted by molar-refractivity contribution is 5.99. The van der Waals surface area contributed by atoms with Gasteiger partial charge in [0.2, 0.25) is 5.91 Å². The molecular formula is C20H25NO3. The van der Waals surface area contributed by atoms with E-state index in [4.69, 9.17) is 4.74 Å². The molecule has 1 aliphatic carbocycles. The Hall–Kier alpha value is -2.10. The molecule has 1 heterocycles. The molecule has 4 nitrogen and oxygen atoms in total. The summed E-state index contributed by atoms with van der Waals surface area (Å²) in [6.07, 6.45) is 6.90. The van der Waals surface area contributed by atoms with Crippen molar-refractivity contribution in [2.24, 2.45) is 11.8 Å². The van der Waals surface area contributed by atoms with Crippen LogP contribution in [0.5, 0.6) is 0 Å². The molecule has 3 rings (SSSR count). The highest BCUT2D eigenvalue weighted by atomic mass is 16.5. The number of amides is 1. The Kier molecular flexibility index (Phi) is 5.34. The fourth-order valence-corrected chi connectivity index (χ4v) is 3.95. The van der Waals surface area contributed by atoms with Gasteiger partial charge in [0.25, 0.3) is 0 Å². The van der Waals surface area contributed by atoms with Gasteiger partial charge in [-0.3, -0.25) is 4.79 Å². The lowest BCUT2D eigenvalue weighted by atomic mass is 9.82. The van der Waals surface area contributed by atoms with E-state index in [9.17, 15) is 9.59 Å². The van der Waals surface area contributed by atoms with Gasteiger partial charge in [-0.15, -0.1) is 0 Å². The summed E-state index contributed by atoms with van der Waals surface area (Å²) >= 11 is 0. The van der Waals surface area contributed by atoms with Crippen molar-refractivity contribution in [3.63, 3.8) is 0 Å². The minimum atomic E-state index is -0.427. The molecule has 1 amide bonds. The highest BCUT2D eigenvalue weighted by Gasteiger charge is 2.36. The molecule has 1 saturated heterocycles. The van der Waals surface area contributed by atoms with E-state index < -0.39 is 5.97 Å². The molecule has 1 saturated carbocycles. The molecule has 2 aliphatic rings. The van der Waals surface area contributed by atoms with Gasteiger partial charge >= 0.3 is 5.97 Å². The molecule has 1 aromatic carbocycles. The Balaban J connectivity index is 1.70. The number of ether oxygens (including phenoxy) is 1. The van der Waals surface area contributed by atoms with Gasteiger partial charge in [-0.2, -0.15) is 0 Å². The van der Waals surface area contributed by atoms with Crippen molar-refractivity contribution in [1.29, 1.82) is 0 Å². The van der Waals surface area contributed by atoms with Crippen molar-refractivity contribution in [3.8, 4) is 0 Å². The number of nitrogens with zero attached hydrogens (tertiary/aromatic N) is 1. The Morgan fingerprint density at radius 2 is 1.75 bits per heavy atom. The highest BCUT2D eigenvalue weighted by Crippen LogP contribution is 2.36. The van der Waals surface area contributed by atoms with Gasteiger partial charge in [0.1, 0.15) is 0 Å². The fraction of sp³-hybridized carbons (Fsp3) is 0.500. The lowest BCUT2D eigenvalue weighted by Crippen LogP contribution is -2.30. The van der Waals surface area contributed by atoms with E-state index in [2.05, 4.69) is 0 Å². The van der Waals surface area contributed by atoms with E-state index >= 15 is 0 Å². The molecule has 0 aromatic heterocycles. The fourth-order valence-electron chi connectivity index (χ4n) is 3.95. The molecule has 24 heavy (non-hydrogen) atoms. The third-order valence-corrected chi connectivity index (χ3v) is 5.26. The molecule has 2 fully saturated rings. The smallest absolute Gasteiger partial charge is 0.334 e. The van der Waals surface area contributed by atoms with Crippen LogP contribution in [-0.2, 0) is 14.3 Å². The van der Waals surface area contributed by atoms with Crippen LogP contribution >= 0.6 is 0 Å². The van der Waals surface area contributed by atoms with Gasteiger partial charge in [-0.1, -0.05) is 43.2 Å². The van der Waals surface area contributed by atoms with Crippen molar-refractivity contribution in [1.82, 2.24) is 4.90 Å². The second-order valence-corrected chi connectivity index (χ2v) is 6.85. The summed E-state index contributed by atoms with van der Waals surface area (Å²) in [5, 5.41) is 0. The van der Waals surface area contributed by atoms with Crippen molar-refractivity contribution in [2.75, 3.05) is 20.2 Å². The van der Waals surface area contributed by atoms with Gasteiger partial charge in [0.05, 0.1) is 13.5 Å². The molecule has 0 radical (unpaired) electrons. The summed E-state index contributed by atoms with van der Waals surface area (Å²) in [4.78, 5) is 26.7. The first-order valence-electron chi connectivity index (χ1n) is 8.79. The number of hydrogen-bond acceptors (Lipinski definition) is 3. The molecule has 128 valence electrons. The number of methoxy groups -OCH3 is 1. The maximum Gasteiger partial charge on any atom is 0.334 e. The largest absolute Gasteiger partial charge is 0.466 e. The number of carbonyl (C=O) groups excluding carboxylic acids is 2. The van der Waals surface area contributed by atoms with Crippen LogP contribution in [0, 0.1) is 11.8 Å². The second kappa shape index (κ2) is 7.65. The van der Waals surface area contributed by atoms with E-state index in [1.165, 1.54) is 32.8 Å². The van der Waals surface area contributed by atoms with Crippen LogP contribution in [0.3, 0.4) is 0 Å². The summed E-state index contributed by atoms with van der Waals surface area (Å²) in [5.74, 6) is 0.922. The first kappa shape index (κ1) is 16.7. The van der Waals surface area contributed by atoms with E-state index in [1.54, 1.807) is 6.08 Å². The molecular weight excluding hydrogens is 302 g/mol. The lowest BCUT2D eigenvalue weighted by Gasteiger charge is -2.22. The molecule has 0 spiro atoms. The third kappa shape index (κ3) is 3.86. The summed E-state index contributed by atoms with van der Waals surface area (Å²) in [6, 6.07) is 9.57. The average molecular weight is 327 g/mol. The van der Waals surface area contributed by atoms with Crippen molar-refractivity contribution in [3.05, 3.63) is 41.5 Å². The van der Waals surface area contributed by atoms with Crippen LogP contribution in [0.4, 0.5) is 0 Å². The van der Waals surface area contributed by atoms with E-state index in [-0.39, 0.29) is 12.3 Å². The van der Waals surface area contributed by atoms with Gasteiger partial charge in [-0.05, 0) is 36.3 Å². The van der Waals surface area contributed by atoms with Crippen molar-refractivity contribution < 1.29 is 14.3 Å². The summed E-state index contributed by atoms with van der Waals surface area (Å²) in [5.41, 5.74) is 1.32. The van der Waals surface area contributed by atoms with Crippen LogP contribution in [0.2, 0.25) is 0 Å². The zero-order valence-electron chi connectivity index (χ0n) is 14.2. The predicted molar refractivity (Wildman–Crippen MR) is 93.1 cm³/mol.